The Hall–Kier alpha value is -1.39. The number of amides is 1. The second-order valence-corrected chi connectivity index (χ2v) is 1.57. The summed E-state index contributed by atoms with van der Waals surface area (Å²) < 4.78 is 0. The van der Waals surface area contributed by atoms with Gasteiger partial charge in [-0.25, -0.2) is 10.3 Å². The maximum atomic E-state index is 10.3. The summed E-state index contributed by atoms with van der Waals surface area (Å²) >= 11 is 0. The lowest BCUT2D eigenvalue weighted by Gasteiger charge is -1.84. The molecule has 0 aliphatic heterocycles. The molecule has 0 atom stereocenters. The molecular weight excluding hydrogens is 120 g/mol. The first-order valence-corrected chi connectivity index (χ1v) is 2.47. The van der Waals surface area contributed by atoms with Gasteiger partial charge < -0.3 is 0 Å². The first kappa shape index (κ1) is 5.74. The van der Waals surface area contributed by atoms with Crippen LogP contribution in [0.2, 0.25) is 0 Å². The summed E-state index contributed by atoms with van der Waals surface area (Å²) in [6, 6.07) is 0. The number of hydrogen-bond acceptors (Lipinski definition) is 2. The number of nitrogens with zero attached hydrogens (tertiary/aromatic N) is 1. The smallest absolute Gasteiger partial charge is 0.261 e. The van der Waals surface area contributed by atoms with Crippen molar-refractivity contribution in [3.05, 3.63) is 6.33 Å². The fourth-order valence-corrected chi connectivity index (χ4v) is 0.466. The van der Waals surface area contributed by atoms with E-state index in [0.29, 0.717) is 5.95 Å². The molecule has 0 bridgehead atoms. The van der Waals surface area contributed by atoms with Gasteiger partial charge in [-0.05, 0) is 5.10 Å². The van der Waals surface area contributed by atoms with E-state index in [4.69, 9.17) is 0 Å². The Kier molecular flexibility index (Phi) is 1.44. The van der Waals surface area contributed by atoms with Crippen molar-refractivity contribution >= 4 is 11.9 Å². The lowest BCUT2D eigenvalue weighted by molar-refractivity contribution is -0.360. The molecule has 3 N–H and O–H groups in total. The number of rotatable bonds is 1. The Labute approximate surface area is 51.5 Å². The number of aromatic amines is 2. The molecule has 1 rings (SSSR count). The van der Waals surface area contributed by atoms with Crippen LogP contribution < -0.4 is 10.3 Å². The number of carbonyl (C=O) groups excluding carboxylic acids is 1. The molecule has 1 aromatic heterocycles. The summed E-state index contributed by atoms with van der Waals surface area (Å²) in [6.07, 6.45) is 1.45. The predicted octanol–water partition coefficient (Wildman–Crippen LogP) is -0.818. The third-order valence-corrected chi connectivity index (χ3v) is 0.751. The van der Waals surface area contributed by atoms with Crippen LogP contribution in [-0.2, 0) is 4.79 Å². The highest BCUT2D eigenvalue weighted by atomic mass is 16.1. The van der Waals surface area contributed by atoms with Gasteiger partial charge in [-0.1, -0.05) is 0 Å². The molecule has 1 amide bonds. The van der Waals surface area contributed by atoms with E-state index in [9.17, 15) is 4.79 Å². The largest absolute Gasteiger partial charge is 0.346 e. The van der Waals surface area contributed by atoms with E-state index >= 15 is 0 Å². The Morgan fingerprint density at radius 2 is 2.78 bits per heavy atom. The number of H-pyrrole nitrogens is 2. The second-order valence-electron chi connectivity index (χ2n) is 1.57. The summed E-state index contributed by atoms with van der Waals surface area (Å²) in [5.74, 6) is 0.373. The first-order chi connectivity index (χ1) is 4.29. The molecule has 5 heteroatoms. The van der Waals surface area contributed by atoms with E-state index in [1.165, 1.54) is 13.3 Å². The van der Waals surface area contributed by atoms with Crippen LogP contribution >= 0.6 is 0 Å². The van der Waals surface area contributed by atoms with Crippen molar-refractivity contribution < 1.29 is 9.78 Å². The molecule has 0 saturated heterocycles. The summed E-state index contributed by atoms with van der Waals surface area (Å²) in [4.78, 5) is 13.0. The first-order valence-electron chi connectivity index (χ1n) is 2.47. The Morgan fingerprint density at radius 3 is 3.22 bits per heavy atom. The SMILES string of the molecule is CC(=O)Nc1[nH]nc[nH+]1. The average molecular weight is 127 g/mol. The summed E-state index contributed by atoms with van der Waals surface area (Å²) in [5, 5.41) is 8.58. The van der Waals surface area contributed by atoms with Crippen molar-refractivity contribution in [3.8, 4) is 0 Å². The Balaban J connectivity index is 2.58. The topological polar surface area (TPSA) is 71.9 Å². The van der Waals surface area contributed by atoms with E-state index < -0.39 is 0 Å². The minimum Gasteiger partial charge on any atom is -0.261 e. The van der Waals surface area contributed by atoms with Crippen molar-refractivity contribution in [1.82, 2.24) is 10.2 Å². The van der Waals surface area contributed by atoms with E-state index in [1.807, 2.05) is 0 Å². The number of anilines is 1. The van der Waals surface area contributed by atoms with Gasteiger partial charge in [-0.3, -0.25) is 4.79 Å². The van der Waals surface area contributed by atoms with E-state index in [1.54, 1.807) is 0 Å². The zero-order valence-electron chi connectivity index (χ0n) is 4.93. The predicted molar refractivity (Wildman–Crippen MR) is 29.4 cm³/mol. The van der Waals surface area contributed by atoms with Crippen LogP contribution in [0.25, 0.3) is 0 Å². The lowest BCUT2D eigenvalue weighted by atomic mass is 10.7. The molecule has 0 spiro atoms. The minimum absolute atomic E-state index is 0.129. The molecule has 0 saturated carbocycles. The number of aromatic nitrogens is 3. The van der Waals surface area contributed by atoms with Crippen molar-refractivity contribution in [2.75, 3.05) is 5.32 Å². The van der Waals surface area contributed by atoms with Crippen molar-refractivity contribution in [2.24, 2.45) is 0 Å². The third kappa shape index (κ3) is 1.52. The van der Waals surface area contributed by atoms with Gasteiger partial charge in [0.05, 0.1) is 0 Å². The highest BCUT2D eigenvalue weighted by Gasteiger charge is 2.01. The van der Waals surface area contributed by atoms with Crippen molar-refractivity contribution in [3.63, 3.8) is 0 Å². The molecule has 0 unspecified atom stereocenters. The van der Waals surface area contributed by atoms with Gasteiger partial charge in [0.15, 0.2) is 0 Å². The highest BCUT2D eigenvalue weighted by Crippen LogP contribution is 1.83. The maximum Gasteiger partial charge on any atom is 0.346 e. The summed E-state index contributed by atoms with van der Waals surface area (Å²) in [5.41, 5.74) is 0. The molecule has 5 nitrogen and oxygen atoms in total. The summed E-state index contributed by atoms with van der Waals surface area (Å²) in [6.45, 7) is 1.43. The molecule has 1 aromatic rings. The molecule has 0 aliphatic rings. The standard InChI is InChI=1S/C4H6N4O/c1-3(9)7-4-5-2-6-8-4/h2H,1H3,(H2,5,6,7,8,9)/p+1. The Morgan fingerprint density at radius 1 is 2.00 bits per heavy atom. The van der Waals surface area contributed by atoms with E-state index in [0.717, 1.165) is 0 Å². The number of hydrogen-bond donors (Lipinski definition) is 2. The van der Waals surface area contributed by atoms with Crippen molar-refractivity contribution in [2.45, 2.75) is 6.92 Å². The monoisotopic (exact) mass is 127 g/mol. The fraction of sp³-hybridized carbons (Fsp3) is 0.250. The maximum absolute atomic E-state index is 10.3. The van der Waals surface area contributed by atoms with Gasteiger partial charge in [0, 0.05) is 6.92 Å². The van der Waals surface area contributed by atoms with Crippen LogP contribution in [-0.4, -0.2) is 16.1 Å². The molecule has 0 aromatic carbocycles. The van der Waals surface area contributed by atoms with Crippen LogP contribution in [0, 0.1) is 0 Å². The quantitative estimate of drug-likeness (QED) is 0.517. The zero-order chi connectivity index (χ0) is 6.69. The van der Waals surface area contributed by atoms with Crippen LogP contribution in [0.4, 0.5) is 5.95 Å². The van der Waals surface area contributed by atoms with Gasteiger partial charge in [0.25, 0.3) is 5.91 Å². The Bertz CT molecular complexity index is 192. The molecule has 1 heterocycles. The fourth-order valence-electron chi connectivity index (χ4n) is 0.466. The van der Waals surface area contributed by atoms with Gasteiger partial charge >= 0.3 is 5.95 Å². The van der Waals surface area contributed by atoms with E-state index in [-0.39, 0.29) is 5.91 Å². The molecule has 0 fully saturated rings. The highest BCUT2D eigenvalue weighted by molar-refractivity contribution is 5.85. The molecule has 9 heavy (non-hydrogen) atoms. The number of carbonyl (C=O) groups is 1. The summed E-state index contributed by atoms with van der Waals surface area (Å²) in [7, 11) is 0. The average Bonchev–Trinajstić information content (AvgIpc) is 2.15. The van der Waals surface area contributed by atoms with Gasteiger partial charge in [-0.2, -0.15) is 0 Å². The van der Waals surface area contributed by atoms with Crippen LogP contribution in [0.3, 0.4) is 0 Å². The minimum atomic E-state index is -0.129. The molecule has 48 valence electrons. The van der Waals surface area contributed by atoms with E-state index in [2.05, 4.69) is 20.5 Å². The zero-order valence-corrected chi connectivity index (χ0v) is 4.93. The normalized spacial score (nSPS) is 9.00. The van der Waals surface area contributed by atoms with Gasteiger partial charge in [-0.15, -0.1) is 5.10 Å². The number of nitrogens with one attached hydrogen (secondary N) is 3. The molecule has 0 aliphatic carbocycles. The second kappa shape index (κ2) is 2.25. The molecular formula is C4H7N4O+. The molecule has 0 radical (unpaired) electrons. The van der Waals surface area contributed by atoms with Crippen LogP contribution in [0.5, 0.6) is 0 Å². The van der Waals surface area contributed by atoms with Crippen LogP contribution in [0.15, 0.2) is 6.33 Å². The van der Waals surface area contributed by atoms with Gasteiger partial charge in [0.2, 0.25) is 6.33 Å². The van der Waals surface area contributed by atoms with Gasteiger partial charge in [0.1, 0.15) is 0 Å². The third-order valence-electron chi connectivity index (χ3n) is 0.751. The van der Waals surface area contributed by atoms with Crippen molar-refractivity contribution in [1.29, 1.82) is 0 Å². The lowest BCUT2D eigenvalue weighted by Crippen LogP contribution is -2.14. The van der Waals surface area contributed by atoms with Crippen LogP contribution in [0.1, 0.15) is 6.92 Å².